The van der Waals surface area contributed by atoms with Crippen molar-refractivity contribution in [2.75, 3.05) is 0 Å². The molecule has 0 aliphatic heterocycles. The van der Waals surface area contributed by atoms with Gasteiger partial charge in [0.1, 0.15) is 23.8 Å². The van der Waals surface area contributed by atoms with E-state index in [4.69, 9.17) is 9.52 Å². The number of aliphatic hydroxyl groups excluding tert-OH is 1. The molecular formula is C13H15NO3. The number of aliphatic hydroxyl groups is 1. The number of nitrogens with zero attached hydrogens (tertiary/aromatic N) is 1. The van der Waals surface area contributed by atoms with E-state index in [0.29, 0.717) is 11.6 Å². The highest BCUT2D eigenvalue weighted by molar-refractivity contribution is 5.63. The lowest BCUT2D eigenvalue weighted by Gasteiger charge is -2.04. The van der Waals surface area contributed by atoms with E-state index in [0.717, 1.165) is 11.3 Å². The largest absolute Gasteiger partial charge is 0.508 e. The monoisotopic (exact) mass is 233 g/mol. The number of oxazole rings is 1. The summed E-state index contributed by atoms with van der Waals surface area (Å²) < 4.78 is 5.48. The van der Waals surface area contributed by atoms with E-state index in [1.54, 1.807) is 18.2 Å². The highest BCUT2D eigenvalue weighted by Crippen LogP contribution is 2.31. The van der Waals surface area contributed by atoms with Crippen molar-refractivity contribution in [3.8, 4) is 17.0 Å². The number of phenols is 1. The van der Waals surface area contributed by atoms with E-state index in [1.165, 1.54) is 0 Å². The third kappa shape index (κ3) is 2.31. The Balaban J connectivity index is 2.53. The topological polar surface area (TPSA) is 66.5 Å². The van der Waals surface area contributed by atoms with Crippen molar-refractivity contribution in [1.82, 2.24) is 4.98 Å². The Morgan fingerprint density at radius 1 is 1.35 bits per heavy atom. The highest BCUT2D eigenvalue weighted by atomic mass is 16.4. The average Bonchev–Trinajstić information content (AvgIpc) is 2.73. The van der Waals surface area contributed by atoms with Crippen LogP contribution in [0.4, 0.5) is 0 Å². The van der Waals surface area contributed by atoms with E-state index >= 15 is 0 Å². The van der Waals surface area contributed by atoms with E-state index in [-0.39, 0.29) is 18.3 Å². The van der Waals surface area contributed by atoms with Gasteiger partial charge in [-0.2, -0.15) is 0 Å². The van der Waals surface area contributed by atoms with Crippen LogP contribution in [0.3, 0.4) is 0 Å². The number of rotatable bonds is 3. The van der Waals surface area contributed by atoms with Crippen LogP contribution >= 0.6 is 0 Å². The maximum Gasteiger partial charge on any atom is 0.220 e. The molecule has 2 aromatic rings. The molecule has 1 heterocycles. The molecule has 0 aliphatic rings. The van der Waals surface area contributed by atoms with Crippen molar-refractivity contribution in [2.24, 2.45) is 0 Å². The minimum atomic E-state index is -0.224. The van der Waals surface area contributed by atoms with Crippen LogP contribution in [-0.4, -0.2) is 15.2 Å². The van der Waals surface area contributed by atoms with Gasteiger partial charge in [-0.25, -0.2) is 4.98 Å². The molecule has 17 heavy (non-hydrogen) atoms. The molecule has 1 aromatic carbocycles. The predicted molar refractivity (Wildman–Crippen MR) is 63.6 cm³/mol. The lowest BCUT2D eigenvalue weighted by Crippen LogP contribution is -1.88. The van der Waals surface area contributed by atoms with E-state index in [1.807, 2.05) is 19.9 Å². The maximum atomic E-state index is 9.46. The van der Waals surface area contributed by atoms with Crippen molar-refractivity contribution in [3.05, 3.63) is 35.9 Å². The Bertz CT molecular complexity index is 517. The van der Waals surface area contributed by atoms with E-state index in [2.05, 4.69) is 4.98 Å². The minimum absolute atomic E-state index is 0.167. The number of hydrogen-bond acceptors (Lipinski definition) is 4. The second-order valence-corrected chi connectivity index (χ2v) is 4.18. The molecule has 0 saturated carbocycles. The Morgan fingerprint density at radius 3 is 2.71 bits per heavy atom. The van der Waals surface area contributed by atoms with E-state index in [9.17, 15) is 5.11 Å². The molecule has 0 aliphatic carbocycles. The fourth-order valence-electron chi connectivity index (χ4n) is 1.70. The molecule has 0 saturated heterocycles. The number of benzene rings is 1. The molecule has 90 valence electrons. The van der Waals surface area contributed by atoms with Crippen LogP contribution < -0.4 is 0 Å². The first-order valence-corrected chi connectivity index (χ1v) is 5.51. The van der Waals surface area contributed by atoms with Crippen molar-refractivity contribution in [3.63, 3.8) is 0 Å². The first-order chi connectivity index (χ1) is 8.11. The van der Waals surface area contributed by atoms with Gasteiger partial charge in [-0.1, -0.05) is 26.0 Å². The Labute approximate surface area is 99.6 Å². The molecule has 2 N–H and O–H groups in total. The summed E-state index contributed by atoms with van der Waals surface area (Å²) in [6.07, 6.45) is 0. The zero-order chi connectivity index (χ0) is 12.4. The molecule has 4 heteroatoms. The van der Waals surface area contributed by atoms with Gasteiger partial charge in [-0.3, -0.25) is 0 Å². The standard InChI is InChI=1S/C13H15NO3/c1-8(2)13-12(14-11(7-15)17-13)9-4-3-5-10(16)6-9/h3-6,8,15-16H,7H2,1-2H3. The number of aromatic hydroxyl groups is 1. The Hall–Kier alpha value is -1.81. The maximum absolute atomic E-state index is 9.46. The zero-order valence-electron chi connectivity index (χ0n) is 9.84. The van der Waals surface area contributed by atoms with Crippen molar-refractivity contribution >= 4 is 0 Å². The molecule has 4 nitrogen and oxygen atoms in total. The third-order valence-corrected chi connectivity index (χ3v) is 2.48. The molecule has 0 unspecified atom stereocenters. The lowest BCUT2D eigenvalue weighted by atomic mass is 10.0. The van der Waals surface area contributed by atoms with Gasteiger partial charge >= 0.3 is 0 Å². The molecule has 0 bridgehead atoms. The molecule has 1 aromatic heterocycles. The van der Waals surface area contributed by atoms with Gasteiger partial charge in [0.15, 0.2) is 0 Å². The fourth-order valence-corrected chi connectivity index (χ4v) is 1.70. The summed E-state index contributed by atoms with van der Waals surface area (Å²) in [6.45, 7) is 3.76. The summed E-state index contributed by atoms with van der Waals surface area (Å²) in [6, 6.07) is 6.84. The predicted octanol–water partition coefficient (Wildman–Crippen LogP) is 2.66. The molecule has 0 atom stereocenters. The van der Waals surface area contributed by atoms with Crippen molar-refractivity contribution in [2.45, 2.75) is 26.4 Å². The average molecular weight is 233 g/mol. The van der Waals surface area contributed by atoms with Gasteiger partial charge in [-0.05, 0) is 12.1 Å². The SMILES string of the molecule is CC(C)c1oc(CO)nc1-c1cccc(O)c1. The number of phenolic OH excluding ortho intramolecular Hbond substituents is 1. The molecule has 2 rings (SSSR count). The van der Waals surface area contributed by atoms with Gasteiger partial charge in [0.25, 0.3) is 0 Å². The van der Waals surface area contributed by atoms with Crippen molar-refractivity contribution in [1.29, 1.82) is 0 Å². The normalized spacial score (nSPS) is 11.1. The van der Waals surface area contributed by atoms with Crippen LogP contribution in [0, 0.1) is 0 Å². The Kier molecular flexibility index (Phi) is 3.15. The first kappa shape index (κ1) is 11.7. The second kappa shape index (κ2) is 4.59. The number of hydrogen-bond donors (Lipinski definition) is 2. The van der Waals surface area contributed by atoms with Crippen molar-refractivity contribution < 1.29 is 14.6 Å². The van der Waals surface area contributed by atoms with Crippen LogP contribution in [0.1, 0.15) is 31.4 Å². The van der Waals surface area contributed by atoms with Crippen LogP contribution in [0.15, 0.2) is 28.7 Å². The summed E-state index contributed by atoms with van der Waals surface area (Å²) in [4.78, 5) is 4.23. The Morgan fingerprint density at radius 2 is 2.12 bits per heavy atom. The minimum Gasteiger partial charge on any atom is -0.508 e. The van der Waals surface area contributed by atoms with Crippen LogP contribution in [0.2, 0.25) is 0 Å². The van der Waals surface area contributed by atoms with Gasteiger partial charge in [-0.15, -0.1) is 0 Å². The van der Waals surface area contributed by atoms with Crippen LogP contribution in [0.25, 0.3) is 11.3 Å². The van der Waals surface area contributed by atoms with E-state index < -0.39 is 0 Å². The number of aromatic nitrogens is 1. The van der Waals surface area contributed by atoms with Crippen LogP contribution in [0.5, 0.6) is 5.75 Å². The third-order valence-electron chi connectivity index (χ3n) is 2.48. The summed E-state index contributed by atoms with van der Waals surface area (Å²) >= 11 is 0. The lowest BCUT2D eigenvalue weighted by molar-refractivity contribution is 0.235. The molecule has 0 fully saturated rings. The first-order valence-electron chi connectivity index (χ1n) is 5.51. The molecular weight excluding hydrogens is 218 g/mol. The zero-order valence-corrected chi connectivity index (χ0v) is 9.84. The van der Waals surface area contributed by atoms with Gasteiger partial charge < -0.3 is 14.6 Å². The van der Waals surface area contributed by atoms with Gasteiger partial charge in [0.2, 0.25) is 5.89 Å². The summed E-state index contributed by atoms with van der Waals surface area (Å²) in [5.74, 6) is 1.37. The van der Waals surface area contributed by atoms with Gasteiger partial charge in [0.05, 0.1) is 0 Å². The fraction of sp³-hybridized carbons (Fsp3) is 0.308. The van der Waals surface area contributed by atoms with Gasteiger partial charge in [0, 0.05) is 11.5 Å². The smallest absolute Gasteiger partial charge is 0.220 e. The summed E-state index contributed by atoms with van der Waals surface area (Å²) in [5.41, 5.74) is 1.47. The highest BCUT2D eigenvalue weighted by Gasteiger charge is 2.17. The summed E-state index contributed by atoms with van der Waals surface area (Å²) in [7, 11) is 0. The molecule has 0 amide bonds. The molecule has 0 radical (unpaired) electrons. The summed E-state index contributed by atoms with van der Waals surface area (Å²) in [5, 5.41) is 18.5. The quantitative estimate of drug-likeness (QED) is 0.855. The second-order valence-electron chi connectivity index (χ2n) is 4.18. The molecule has 0 spiro atoms. The van der Waals surface area contributed by atoms with Crippen LogP contribution in [-0.2, 0) is 6.61 Å².